The second-order valence-electron chi connectivity index (χ2n) is 5.48. The second-order valence-corrected chi connectivity index (χ2v) is 7.86. The molecule has 1 N–H and O–H groups in total. The summed E-state index contributed by atoms with van der Waals surface area (Å²) in [7, 11) is 1.54. The van der Waals surface area contributed by atoms with Crippen LogP contribution in [0.3, 0.4) is 0 Å². The zero-order valence-corrected chi connectivity index (χ0v) is 17.8. The van der Waals surface area contributed by atoms with E-state index in [4.69, 9.17) is 27.5 Å². The Labute approximate surface area is 180 Å². The molecule has 3 rings (SSSR count). The van der Waals surface area contributed by atoms with Gasteiger partial charge >= 0.3 is 0 Å². The minimum atomic E-state index is -0.250. The number of ether oxygens (including phenoxy) is 2. The number of amidine groups is 1. The molecule has 1 fully saturated rings. The van der Waals surface area contributed by atoms with E-state index >= 15 is 0 Å². The molecule has 1 saturated heterocycles. The lowest BCUT2D eigenvalue weighted by Crippen LogP contribution is -2.19. The number of nitrogens with one attached hydrogen (secondary N) is 1. The lowest BCUT2D eigenvalue weighted by Gasteiger charge is -2.12. The van der Waals surface area contributed by atoms with Crippen LogP contribution in [-0.2, 0) is 4.79 Å². The average molecular weight is 478 g/mol. The number of nitrogens with zero attached hydrogens (tertiary/aromatic N) is 1. The monoisotopic (exact) mass is 476 g/mol. The SMILES string of the molecule is C#CCOc1c(C=C2SC(=Nc3ccc(Cl)cc3)NC2=O)cc(Br)cc1OC. The number of thioether (sulfide) groups is 1. The van der Waals surface area contributed by atoms with Crippen molar-refractivity contribution in [2.45, 2.75) is 0 Å². The van der Waals surface area contributed by atoms with Crippen molar-refractivity contribution in [1.29, 1.82) is 0 Å². The van der Waals surface area contributed by atoms with Crippen molar-refractivity contribution < 1.29 is 14.3 Å². The first kappa shape index (κ1) is 20.3. The Morgan fingerprint density at radius 3 is 2.79 bits per heavy atom. The number of aliphatic imine (C=N–C) groups is 1. The highest BCUT2D eigenvalue weighted by Gasteiger charge is 2.25. The third kappa shape index (κ3) is 4.90. The molecule has 0 spiro atoms. The lowest BCUT2D eigenvalue weighted by atomic mass is 10.1. The Kier molecular flexibility index (Phi) is 6.68. The molecule has 0 unspecified atom stereocenters. The van der Waals surface area contributed by atoms with E-state index in [1.807, 2.05) is 6.07 Å². The molecule has 0 atom stereocenters. The highest BCUT2D eigenvalue weighted by atomic mass is 79.9. The topological polar surface area (TPSA) is 59.9 Å². The molecule has 0 radical (unpaired) electrons. The van der Waals surface area contributed by atoms with Crippen LogP contribution in [-0.4, -0.2) is 24.8 Å². The van der Waals surface area contributed by atoms with Gasteiger partial charge in [-0.1, -0.05) is 33.5 Å². The number of hydrogen-bond acceptors (Lipinski definition) is 5. The first-order valence-electron chi connectivity index (χ1n) is 7.99. The van der Waals surface area contributed by atoms with Crippen molar-refractivity contribution in [3.63, 3.8) is 0 Å². The number of halogens is 2. The van der Waals surface area contributed by atoms with Crippen molar-refractivity contribution in [3.05, 3.63) is 56.4 Å². The molecule has 2 aromatic rings. The van der Waals surface area contributed by atoms with Crippen molar-refractivity contribution in [1.82, 2.24) is 5.32 Å². The number of benzene rings is 2. The van der Waals surface area contributed by atoms with Gasteiger partial charge in [0.2, 0.25) is 0 Å². The number of rotatable bonds is 5. The summed E-state index contributed by atoms with van der Waals surface area (Å²) in [5, 5.41) is 3.85. The summed E-state index contributed by atoms with van der Waals surface area (Å²) in [6, 6.07) is 10.6. The fourth-order valence-corrected chi connectivity index (χ4v) is 3.78. The summed E-state index contributed by atoms with van der Waals surface area (Å²) >= 11 is 10.5. The van der Waals surface area contributed by atoms with Gasteiger partial charge in [0.1, 0.15) is 6.61 Å². The van der Waals surface area contributed by atoms with E-state index in [1.54, 1.807) is 36.4 Å². The highest BCUT2D eigenvalue weighted by molar-refractivity contribution is 9.10. The van der Waals surface area contributed by atoms with Crippen molar-refractivity contribution in [2.75, 3.05) is 13.7 Å². The van der Waals surface area contributed by atoms with Crippen LogP contribution in [0.2, 0.25) is 5.02 Å². The molecule has 142 valence electrons. The van der Waals surface area contributed by atoms with Crippen LogP contribution in [0.15, 0.2) is 50.8 Å². The summed E-state index contributed by atoms with van der Waals surface area (Å²) in [5.41, 5.74) is 1.35. The summed E-state index contributed by atoms with van der Waals surface area (Å²) in [6.45, 7) is 0.0801. The van der Waals surface area contributed by atoms with Gasteiger partial charge in [-0.15, -0.1) is 6.42 Å². The van der Waals surface area contributed by atoms with Crippen LogP contribution in [0.25, 0.3) is 6.08 Å². The predicted molar refractivity (Wildman–Crippen MR) is 117 cm³/mol. The van der Waals surface area contributed by atoms with Crippen LogP contribution >= 0.6 is 39.3 Å². The number of hydrogen-bond donors (Lipinski definition) is 1. The summed E-state index contributed by atoms with van der Waals surface area (Å²) in [6.07, 6.45) is 7.01. The van der Waals surface area contributed by atoms with E-state index in [0.29, 0.717) is 37.8 Å². The lowest BCUT2D eigenvalue weighted by molar-refractivity contribution is -0.115. The number of terminal acetylenes is 1. The average Bonchev–Trinajstić information content (AvgIpc) is 3.01. The molecule has 0 aromatic heterocycles. The summed E-state index contributed by atoms with van der Waals surface area (Å²) in [5.74, 6) is 3.15. The molecule has 28 heavy (non-hydrogen) atoms. The number of carbonyl (C=O) groups excluding carboxylic acids is 1. The van der Waals surface area contributed by atoms with Gasteiger partial charge in [-0.3, -0.25) is 4.79 Å². The Morgan fingerprint density at radius 1 is 1.36 bits per heavy atom. The molecule has 0 bridgehead atoms. The van der Waals surface area contributed by atoms with Gasteiger partial charge in [0.25, 0.3) is 5.91 Å². The molecular weight excluding hydrogens is 464 g/mol. The van der Waals surface area contributed by atoms with Crippen LogP contribution in [0.5, 0.6) is 11.5 Å². The van der Waals surface area contributed by atoms with E-state index < -0.39 is 0 Å². The zero-order valence-electron chi connectivity index (χ0n) is 14.7. The van der Waals surface area contributed by atoms with Crippen LogP contribution < -0.4 is 14.8 Å². The third-order valence-corrected chi connectivity index (χ3v) is 5.18. The normalized spacial score (nSPS) is 16.1. The molecule has 1 aliphatic rings. The van der Waals surface area contributed by atoms with Gasteiger partial charge in [0, 0.05) is 15.1 Å². The molecule has 5 nitrogen and oxygen atoms in total. The van der Waals surface area contributed by atoms with E-state index in [2.05, 4.69) is 32.2 Å². The first-order chi connectivity index (χ1) is 13.5. The summed E-state index contributed by atoms with van der Waals surface area (Å²) in [4.78, 5) is 17.3. The van der Waals surface area contributed by atoms with Gasteiger partial charge in [-0.05, 0) is 54.2 Å². The fraction of sp³-hybridized carbons (Fsp3) is 0.100. The second kappa shape index (κ2) is 9.20. The largest absolute Gasteiger partial charge is 0.493 e. The maximum Gasteiger partial charge on any atom is 0.264 e. The maximum atomic E-state index is 12.4. The maximum absolute atomic E-state index is 12.4. The Morgan fingerprint density at radius 2 is 2.11 bits per heavy atom. The minimum absolute atomic E-state index is 0.0801. The quantitative estimate of drug-likeness (QED) is 0.485. The van der Waals surface area contributed by atoms with Gasteiger partial charge in [-0.25, -0.2) is 4.99 Å². The molecule has 1 amide bonds. The molecular formula is C20H14BrClN2O3S. The Bertz CT molecular complexity index is 1010. The smallest absolute Gasteiger partial charge is 0.264 e. The molecule has 1 heterocycles. The minimum Gasteiger partial charge on any atom is -0.493 e. The molecule has 8 heteroatoms. The highest BCUT2D eigenvalue weighted by Crippen LogP contribution is 2.38. The predicted octanol–water partition coefficient (Wildman–Crippen LogP) is 5.01. The van der Waals surface area contributed by atoms with Crippen molar-refractivity contribution >= 4 is 62.1 Å². The zero-order chi connectivity index (χ0) is 20.1. The Balaban J connectivity index is 1.93. The molecule has 0 saturated carbocycles. The van der Waals surface area contributed by atoms with E-state index in [-0.39, 0.29) is 12.5 Å². The van der Waals surface area contributed by atoms with E-state index in [0.717, 1.165) is 4.47 Å². The van der Waals surface area contributed by atoms with Gasteiger partial charge in [-0.2, -0.15) is 0 Å². The van der Waals surface area contributed by atoms with Crippen molar-refractivity contribution in [3.8, 4) is 23.8 Å². The number of carbonyl (C=O) groups is 1. The molecule has 0 aliphatic carbocycles. The van der Waals surface area contributed by atoms with E-state index in [1.165, 1.54) is 18.9 Å². The van der Waals surface area contributed by atoms with Gasteiger partial charge in [0.15, 0.2) is 16.7 Å². The van der Waals surface area contributed by atoms with Gasteiger partial charge < -0.3 is 14.8 Å². The van der Waals surface area contributed by atoms with Crippen LogP contribution in [0.4, 0.5) is 5.69 Å². The van der Waals surface area contributed by atoms with Crippen molar-refractivity contribution in [2.24, 2.45) is 4.99 Å². The van der Waals surface area contributed by atoms with E-state index in [9.17, 15) is 4.79 Å². The van der Waals surface area contributed by atoms with Crippen LogP contribution in [0, 0.1) is 12.3 Å². The Hall–Kier alpha value is -2.40. The summed E-state index contributed by atoms with van der Waals surface area (Å²) < 4.78 is 11.8. The number of methoxy groups -OCH3 is 1. The fourth-order valence-electron chi connectivity index (χ4n) is 2.37. The first-order valence-corrected chi connectivity index (χ1v) is 9.98. The number of amides is 1. The van der Waals surface area contributed by atoms with Crippen LogP contribution in [0.1, 0.15) is 5.56 Å². The van der Waals surface area contributed by atoms with Gasteiger partial charge in [0.05, 0.1) is 17.7 Å². The standard InChI is InChI=1S/C20H14BrClN2O3S/c1-3-8-27-18-12(9-13(21)11-16(18)26-2)10-17-19(25)24-20(28-17)23-15-6-4-14(22)5-7-15/h1,4-7,9-11H,8H2,2H3,(H,23,24,25). The molecule has 1 aliphatic heterocycles. The third-order valence-electron chi connectivity index (χ3n) is 3.56. The molecule has 2 aromatic carbocycles.